The van der Waals surface area contributed by atoms with Crippen LogP contribution in [0.5, 0.6) is 0 Å². The minimum absolute atomic E-state index is 0.123. The van der Waals surface area contributed by atoms with Crippen LogP contribution in [0.4, 0.5) is 20.4 Å². The molecule has 2 fully saturated rings. The quantitative estimate of drug-likeness (QED) is 0.412. The maximum absolute atomic E-state index is 14.5. The highest BCUT2D eigenvalue weighted by atomic mass is 35.5. The molecule has 1 aromatic carbocycles. The average Bonchev–Trinajstić information content (AvgIpc) is 3.52. The summed E-state index contributed by atoms with van der Waals surface area (Å²) in [4.78, 5) is 13.7. The number of hydrogen-bond donors (Lipinski definition) is 1. The van der Waals surface area contributed by atoms with Crippen molar-refractivity contribution in [1.29, 1.82) is 0 Å². The highest BCUT2D eigenvalue weighted by molar-refractivity contribution is 6.33. The summed E-state index contributed by atoms with van der Waals surface area (Å²) in [7, 11) is 2.19. The van der Waals surface area contributed by atoms with Crippen LogP contribution in [-0.2, 0) is 0 Å². The number of piperidine rings is 2. The second-order valence-corrected chi connectivity index (χ2v) is 10.2. The van der Waals surface area contributed by atoms with Gasteiger partial charge in [-0.15, -0.1) is 0 Å². The van der Waals surface area contributed by atoms with Crippen LogP contribution in [-0.4, -0.2) is 78.4 Å². The van der Waals surface area contributed by atoms with Crippen LogP contribution in [0, 0.1) is 11.6 Å². The van der Waals surface area contributed by atoms with Gasteiger partial charge in [-0.05, 0) is 58.0 Å². The van der Waals surface area contributed by atoms with Crippen molar-refractivity contribution in [3.8, 4) is 11.4 Å². The second kappa shape index (κ2) is 9.96. The van der Waals surface area contributed by atoms with E-state index in [1.807, 2.05) is 10.9 Å². The highest BCUT2D eigenvalue weighted by Gasteiger charge is 2.28. The van der Waals surface area contributed by atoms with E-state index >= 15 is 0 Å². The van der Waals surface area contributed by atoms with E-state index in [2.05, 4.69) is 42.3 Å². The standard InChI is InChI=1S/C25H28ClF2N9/c1-34-9-5-17(6-10-34)35-11-7-18(8-12-35)36-15-16(13-29-36)31-25-33-23(22-20(27)3-2-4-21(22)28)32-24-19(26)14-30-37(24)25/h2-4,13-15,17-18H,5-12H2,1H3,(H,31,32,33). The van der Waals surface area contributed by atoms with E-state index in [1.165, 1.54) is 54.8 Å². The summed E-state index contributed by atoms with van der Waals surface area (Å²) in [5.74, 6) is -1.41. The number of halogens is 3. The van der Waals surface area contributed by atoms with Crippen LogP contribution in [0.25, 0.3) is 17.0 Å². The van der Waals surface area contributed by atoms with Crippen molar-refractivity contribution in [3.63, 3.8) is 0 Å². The van der Waals surface area contributed by atoms with Gasteiger partial charge in [0.1, 0.15) is 16.7 Å². The van der Waals surface area contributed by atoms with Gasteiger partial charge < -0.3 is 15.1 Å². The Bertz CT molecular complexity index is 1380. The zero-order valence-corrected chi connectivity index (χ0v) is 21.2. The first-order valence-electron chi connectivity index (χ1n) is 12.6. The molecule has 12 heteroatoms. The third kappa shape index (κ3) is 4.78. The molecule has 0 saturated carbocycles. The van der Waals surface area contributed by atoms with Gasteiger partial charge in [-0.3, -0.25) is 4.68 Å². The Labute approximate surface area is 218 Å². The van der Waals surface area contributed by atoms with Gasteiger partial charge >= 0.3 is 0 Å². The predicted octanol–water partition coefficient (Wildman–Crippen LogP) is 4.39. The van der Waals surface area contributed by atoms with Crippen molar-refractivity contribution in [1.82, 2.24) is 39.2 Å². The molecule has 4 aromatic rings. The molecule has 5 heterocycles. The van der Waals surface area contributed by atoms with E-state index in [0.717, 1.165) is 25.9 Å². The monoisotopic (exact) mass is 527 g/mol. The number of fused-ring (bicyclic) bond motifs is 1. The smallest absolute Gasteiger partial charge is 0.232 e. The number of benzene rings is 1. The van der Waals surface area contributed by atoms with Gasteiger partial charge in [0.05, 0.1) is 29.7 Å². The fourth-order valence-corrected chi connectivity index (χ4v) is 5.53. The van der Waals surface area contributed by atoms with Crippen molar-refractivity contribution >= 4 is 28.9 Å². The molecule has 0 unspecified atom stereocenters. The summed E-state index contributed by atoms with van der Waals surface area (Å²) in [5, 5.41) is 12.2. The normalized spacial score (nSPS) is 18.6. The van der Waals surface area contributed by atoms with Crippen LogP contribution in [0.2, 0.25) is 5.02 Å². The highest BCUT2D eigenvalue weighted by Crippen LogP contribution is 2.30. The minimum Gasteiger partial charge on any atom is -0.321 e. The van der Waals surface area contributed by atoms with Crippen molar-refractivity contribution in [2.45, 2.75) is 37.8 Å². The Kier molecular flexibility index (Phi) is 6.51. The van der Waals surface area contributed by atoms with Crippen molar-refractivity contribution < 1.29 is 8.78 Å². The zero-order valence-electron chi connectivity index (χ0n) is 20.5. The van der Waals surface area contributed by atoms with E-state index < -0.39 is 11.6 Å². The number of rotatable bonds is 5. The molecule has 0 atom stereocenters. The summed E-state index contributed by atoms with van der Waals surface area (Å²) in [6, 6.07) is 4.62. The lowest BCUT2D eigenvalue weighted by atomic mass is 9.98. The van der Waals surface area contributed by atoms with E-state index in [0.29, 0.717) is 17.8 Å². The van der Waals surface area contributed by atoms with Crippen molar-refractivity contribution in [3.05, 3.63) is 53.4 Å². The molecule has 194 valence electrons. The fourth-order valence-electron chi connectivity index (χ4n) is 5.36. The maximum Gasteiger partial charge on any atom is 0.232 e. The van der Waals surface area contributed by atoms with Crippen LogP contribution >= 0.6 is 11.6 Å². The van der Waals surface area contributed by atoms with Gasteiger partial charge in [-0.1, -0.05) is 17.7 Å². The lowest BCUT2D eigenvalue weighted by molar-refractivity contribution is 0.0851. The zero-order chi connectivity index (χ0) is 25.5. The third-order valence-electron chi connectivity index (χ3n) is 7.45. The lowest BCUT2D eigenvalue weighted by Gasteiger charge is -2.41. The molecule has 6 rings (SSSR count). The molecule has 0 spiro atoms. The predicted molar refractivity (Wildman–Crippen MR) is 137 cm³/mol. The van der Waals surface area contributed by atoms with Gasteiger partial charge in [0, 0.05) is 25.3 Å². The van der Waals surface area contributed by atoms with Gasteiger partial charge in [-0.2, -0.15) is 19.7 Å². The van der Waals surface area contributed by atoms with E-state index in [1.54, 1.807) is 6.20 Å². The SMILES string of the molecule is CN1CCC(N2CCC(n3cc(Nc4nc(-c5c(F)cccc5F)nc5c(Cl)cnn45)cn3)CC2)CC1. The number of anilines is 2. The number of hydrogen-bond acceptors (Lipinski definition) is 7. The molecular weight excluding hydrogens is 500 g/mol. The van der Waals surface area contributed by atoms with Crippen molar-refractivity contribution in [2.75, 3.05) is 38.5 Å². The Morgan fingerprint density at radius 2 is 1.62 bits per heavy atom. The summed E-state index contributed by atoms with van der Waals surface area (Å²) < 4.78 is 32.3. The number of nitrogens with one attached hydrogen (secondary N) is 1. The summed E-state index contributed by atoms with van der Waals surface area (Å²) in [6.45, 7) is 4.47. The van der Waals surface area contributed by atoms with Crippen LogP contribution in [0.3, 0.4) is 0 Å². The average molecular weight is 528 g/mol. The molecule has 9 nitrogen and oxygen atoms in total. The summed E-state index contributed by atoms with van der Waals surface area (Å²) in [5.41, 5.74) is 0.604. The maximum atomic E-state index is 14.5. The van der Waals surface area contributed by atoms with E-state index in [4.69, 9.17) is 11.6 Å². The number of aromatic nitrogens is 6. The lowest BCUT2D eigenvalue weighted by Crippen LogP contribution is -2.47. The topological polar surface area (TPSA) is 79.4 Å². The molecule has 0 amide bonds. The second-order valence-electron chi connectivity index (χ2n) is 9.83. The van der Waals surface area contributed by atoms with Crippen LogP contribution in [0.1, 0.15) is 31.7 Å². The first kappa shape index (κ1) is 24.2. The molecular formula is C25H28ClF2N9. The molecule has 3 aromatic heterocycles. The minimum atomic E-state index is -0.759. The first-order valence-corrected chi connectivity index (χ1v) is 12.9. The largest absolute Gasteiger partial charge is 0.321 e. The Hall–Kier alpha value is -3.15. The first-order chi connectivity index (χ1) is 18.0. The van der Waals surface area contributed by atoms with E-state index in [9.17, 15) is 8.78 Å². The van der Waals surface area contributed by atoms with Gasteiger partial charge in [0.2, 0.25) is 5.95 Å². The number of likely N-dealkylation sites (tertiary alicyclic amines) is 2. The van der Waals surface area contributed by atoms with Crippen LogP contribution < -0.4 is 5.32 Å². The molecule has 2 aliphatic rings. The third-order valence-corrected chi connectivity index (χ3v) is 7.71. The molecule has 0 bridgehead atoms. The molecule has 2 saturated heterocycles. The Morgan fingerprint density at radius 1 is 0.919 bits per heavy atom. The molecule has 0 radical (unpaired) electrons. The van der Waals surface area contributed by atoms with Gasteiger partial charge in [0.25, 0.3) is 0 Å². The number of nitrogens with zero attached hydrogens (tertiary/aromatic N) is 8. The Balaban J connectivity index is 1.20. The molecule has 1 N–H and O–H groups in total. The summed E-state index contributed by atoms with van der Waals surface area (Å²) >= 11 is 6.26. The van der Waals surface area contributed by atoms with E-state index in [-0.39, 0.29) is 28.0 Å². The van der Waals surface area contributed by atoms with Crippen LogP contribution in [0.15, 0.2) is 36.8 Å². The molecule has 0 aliphatic carbocycles. The Morgan fingerprint density at radius 3 is 2.35 bits per heavy atom. The fraction of sp³-hybridized carbons (Fsp3) is 0.440. The van der Waals surface area contributed by atoms with Gasteiger partial charge in [-0.25, -0.2) is 13.8 Å². The van der Waals surface area contributed by atoms with Gasteiger partial charge in [0.15, 0.2) is 11.5 Å². The summed E-state index contributed by atoms with van der Waals surface area (Å²) in [6.07, 6.45) is 9.61. The van der Waals surface area contributed by atoms with Crippen molar-refractivity contribution in [2.24, 2.45) is 0 Å². The molecule has 2 aliphatic heterocycles. The molecule has 37 heavy (non-hydrogen) atoms.